The van der Waals surface area contributed by atoms with Crippen molar-refractivity contribution in [3.8, 4) is 0 Å². The summed E-state index contributed by atoms with van der Waals surface area (Å²) < 4.78 is 5.37. The third kappa shape index (κ3) is 5.57. The molecule has 2 amide bonds. The van der Waals surface area contributed by atoms with Gasteiger partial charge in [0.2, 0.25) is 0 Å². The summed E-state index contributed by atoms with van der Waals surface area (Å²) in [7, 11) is 0. The summed E-state index contributed by atoms with van der Waals surface area (Å²) in [5, 5.41) is 13.7. The second-order valence-corrected chi connectivity index (χ2v) is 8.38. The van der Waals surface area contributed by atoms with Gasteiger partial charge >= 0.3 is 0 Å². The van der Waals surface area contributed by atoms with Crippen LogP contribution in [0.2, 0.25) is 0 Å². The lowest BCUT2D eigenvalue weighted by Crippen LogP contribution is -2.50. The van der Waals surface area contributed by atoms with Crippen molar-refractivity contribution in [2.24, 2.45) is 0 Å². The highest BCUT2D eigenvalue weighted by molar-refractivity contribution is 6.05. The van der Waals surface area contributed by atoms with Crippen molar-refractivity contribution in [3.63, 3.8) is 0 Å². The maximum atomic E-state index is 13.4. The molecule has 0 aliphatic carbocycles. The predicted molar refractivity (Wildman–Crippen MR) is 132 cm³/mol. The summed E-state index contributed by atoms with van der Waals surface area (Å²) in [6.07, 6.45) is 3.03. The Kier molecular flexibility index (Phi) is 6.96. The van der Waals surface area contributed by atoms with E-state index in [1.165, 1.54) is 24.5 Å². The van der Waals surface area contributed by atoms with E-state index in [0.29, 0.717) is 37.5 Å². The Bertz CT molecular complexity index is 1260. The van der Waals surface area contributed by atoms with E-state index in [9.17, 15) is 19.7 Å². The first kappa shape index (κ1) is 23.7. The van der Waals surface area contributed by atoms with Crippen LogP contribution < -0.4 is 10.2 Å². The molecule has 1 aliphatic heterocycles. The molecule has 2 heterocycles. The summed E-state index contributed by atoms with van der Waals surface area (Å²) >= 11 is 0. The predicted octanol–water partition coefficient (Wildman–Crippen LogP) is 3.92. The second kappa shape index (κ2) is 10.3. The van der Waals surface area contributed by atoms with Crippen LogP contribution in [0.5, 0.6) is 0 Å². The number of rotatable bonds is 6. The number of hydrogen-bond acceptors (Lipinski definition) is 6. The van der Waals surface area contributed by atoms with Crippen LogP contribution in [0.1, 0.15) is 27.2 Å². The molecule has 9 nitrogen and oxygen atoms in total. The lowest BCUT2D eigenvalue weighted by molar-refractivity contribution is -0.384. The summed E-state index contributed by atoms with van der Waals surface area (Å²) in [4.78, 5) is 40.5. The molecule has 1 N–H and O–H groups in total. The maximum absolute atomic E-state index is 13.4. The number of nitro benzene ring substituents is 1. The molecule has 0 spiro atoms. The van der Waals surface area contributed by atoms with Crippen molar-refractivity contribution in [1.82, 2.24) is 10.2 Å². The minimum absolute atomic E-state index is 0.0368. The summed E-state index contributed by atoms with van der Waals surface area (Å²) in [6.45, 7) is 5.89. The highest BCUT2D eigenvalue weighted by Crippen LogP contribution is 2.21. The average Bonchev–Trinajstić information content (AvgIpc) is 3.38. The zero-order valence-electron chi connectivity index (χ0n) is 19.6. The Balaban J connectivity index is 1.47. The van der Waals surface area contributed by atoms with Gasteiger partial charge in [0, 0.05) is 55.6 Å². The van der Waals surface area contributed by atoms with Gasteiger partial charge in [-0.1, -0.05) is 6.07 Å². The van der Waals surface area contributed by atoms with Crippen molar-refractivity contribution >= 4 is 29.3 Å². The number of benzene rings is 2. The number of amides is 2. The van der Waals surface area contributed by atoms with E-state index in [2.05, 4.69) is 10.2 Å². The number of piperazine rings is 1. The van der Waals surface area contributed by atoms with Crippen LogP contribution in [0, 0.1) is 24.0 Å². The maximum Gasteiger partial charge on any atom is 0.270 e. The van der Waals surface area contributed by atoms with Crippen molar-refractivity contribution < 1.29 is 18.9 Å². The normalized spacial score (nSPS) is 14.1. The number of nitro groups is 1. The van der Waals surface area contributed by atoms with E-state index in [0.717, 1.165) is 16.8 Å². The van der Waals surface area contributed by atoms with Gasteiger partial charge in [0.15, 0.2) is 0 Å². The Morgan fingerprint density at radius 2 is 1.71 bits per heavy atom. The van der Waals surface area contributed by atoms with Gasteiger partial charge in [-0.15, -0.1) is 0 Å². The average molecular weight is 475 g/mol. The molecule has 0 radical (unpaired) electrons. The monoisotopic (exact) mass is 474 g/mol. The standard InChI is InChI=1S/C26H26N4O5/c1-18-5-6-20(16-19(18)2)25(31)27-24(17-23-4-3-15-35-23)26(32)29-13-11-28(12-14-29)21-7-9-22(10-8-21)30(33)34/h3-10,15-17H,11-14H2,1-2H3,(H,27,31)/b24-17-. The summed E-state index contributed by atoms with van der Waals surface area (Å²) in [6, 6.07) is 15.2. The number of aryl methyl sites for hydroxylation is 2. The minimum Gasteiger partial charge on any atom is -0.465 e. The van der Waals surface area contributed by atoms with E-state index < -0.39 is 4.92 Å². The fourth-order valence-corrected chi connectivity index (χ4v) is 3.87. The fraction of sp³-hybridized carbons (Fsp3) is 0.231. The van der Waals surface area contributed by atoms with E-state index in [4.69, 9.17) is 4.42 Å². The number of carbonyl (C=O) groups excluding carboxylic acids is 2. The van der Waals surface area contributed by atoms with Crippen LogP contribution >= 0.6 is 0 Å². The molecule has 1 aromatic heterocycles. The Labute approximate surface area is 202 Å². The SMILES string of the molecule is Cc1ccc(C(=O)N/C(=C\c2ccco2)C(=O)N2CCN(c3ccc([N+](=O)[O-])cc3)CC2)cc1C. The molecule has 0 saturated carbocycles. The van der Waals surface area contributed by atoms with Crippen molar-refractivity contribution in [2.45, 2.75) is 13.8 Å². The Morgan fingerprint density at radius 3 is 2.31 bits per heavy atom. The first-order valence-electron chi connectivity index (χ1n) is 11.2. The molecule has 1 saturated heterocycles. The largest absolute Gasteiger partial charge is 0.465 e. The van der Waals surface area contributed by atoms with E-state index in [-0.39, 0.29) is 23.2 Å². The number of furan rings is 1. The highest BCUT2D eigenvalue weighted by Gasteiger charge is 2.26. The Hall–Kier alpha value is -4.40. The lowest BCUT2D eigenvalue weighted by Gasteiger charge is -2.36. The molecular formula is C26H26N4O5. The van der Waals surface area contributed by atoms with Gasteiger partial charge in [-0.3, -0.25) is 19.7 Å². The summed E-state index contributed by atoms with van der Waals surface area (Å²) in [5.74, 6) is -0.219. The first-order chi connectivity index (χ1) is 16.8. The number of anilines is 1. The highest BCUT2D eigenvalue weighted by atomic mass is 16.6. The third-order valence-corrected chi connectivity index (χ3v) is 6.07. The van der Waals surface area contributed by atoms with Gasteiger partial charge in [-0.25, -0.2) is 0 Å². The zero-order valence-corrected chi connectivity index (χ0v) is 19.6. The lowest BCUT2D eigenvalue weighted by atomic mass is 10.1. The molecule has 4 rings (SSSR count). The number of nitrogens with zero attached hydrogens (tertiary/aromatic N) is 3. The minimum atomic E-state index is -0.431. The molecule has 1 aliphatic rings. The smallest absolute Gasteiger partial charge is 0.270 e. The van der Waals surface area contributed by atoms with Gasteiger partial charge in [0.1, 0.15) is 11.5 Å². The van der Waals surface area contributed by atoms with Gasteiger partial charge < -0.3 is 19.5 Å². The van der Waals surface area contributed by atoms with Gasteiger partial charge in [-0.2, -0.15) is 0 Å². The Morgan fingerprint density at radius 1 is 1.00 bits per heavy atom. The van der Waals surface area contributed by atoms with Crippen LogP contribution in [-0.2, 0) is 4.79 Å². The molecule has 180 valence electrons. The molecular weight excluding hydrogens is 448 g/mol. The van der Waals surface area contributed by atoms with Crippen LogP contribution in [0.3, 0.4) is 0 Å². The van der Waals surface area contributed by atoms with Gasteiger partial charge in [-0.05, 0) is 61.4 Å². The molecule has 2 aromatic carbocycles. The number of hydrogen-bond donors (Lipinski definition) is 1. The van der Waals surface area contributed by atoms with E-state index >= 15 is 0 Å². The molecule has 0 unspecified atom stereocenters. The summed E-state index contributed by atoms with van der Waals surface area (Å²) in [5.41, 5.74) is 3.56. The quantitative estimate of drug-likeness (QED) is 0.329. The molecule has 35 heavy (non-hydrogen) atoms. The van der Waals surface area contributed by atoms with Crippen LogP contribution in [0.4, 0.5) is 11.4 Å². The molecule has 1 fully saturated rings. The molecule has 0 atom stereocenters. The van der Waals surface area contributed by atoms with Crippen LogP contribution in [-0.4, -0.2) is 47.8 Å². The molecule has 9 heteroatoms. The topological polar surface area (TPSA) is 109 Å². The number of carbonyl (C=O) groups is 2. The third-order valence-electron chi connectivity index (χ3n) is 6.07. The fourth-order valence-electron chi connectivity index (χ4n) is 3.87. The first-order valence-corrected chi connectivity index (χ1v) is 11.2. The van der Waals surface area contributed by atoms with Crippen LogP contribution in [0.25, 0.3) is 6.08 Å². The van der Waals surface area contributed by atoms with Gasteiger partial charge in [0.05, 0.1) is 11.2 Å². The number of non-ortho nitro benzene ring substituents is 1. The molecule has 3 aromatic rings. The molecule has 0 bridgehead atoms. The number of nitrogens with one attached hydrogen (secondary N) is 1. The van der Waals surface area contributed by atoms with Crippen LogP contribution in [0.15, 0.2) is 71.0 Å². The zero-order chi connectivity index (χ0) is 24.9. The van der Waals surface area contributed by atoms with Crippen molar-refractivity contribution in [1.29, 1.82) is 0 Å². The van der Waals surface area contributed by atoms with Gasteiger partial charge in [0.25, 0.3) is 17.5 Å². The second-order valence-electron chi connectivity index (χ2n) is 8.38. The van der Waals surface area contributed by atoms with E-state index in [1.807, 2.05) is 19.9 Å². The van der Waals surface area contributed by atoms with Crippen molar-refractivity contribution in [2.75, 3.05) is 31.1 Å². The van der Waals surface area contributed by atoms with Crippen molar-refractivity contribution in [3.05, 3.63) is 99.1 Å². The van der Waals surface area contributed by atoms with E-state index in [1.54, 1.807) is 41.3 Å².